The number of aryl methyl sites for hydroxylation is 1. The zero-order valence-electron chi connectivity index (χ0n) is 13.6. The van der Waals surface area contributed by atoms with E-state index in [1.807, 2.05) is 12.3 Å². The molecular weight excluding hydrogens is 410 g/mol. The van der Waals surface area contributed by atoms with Crippen molar-refractivity contribution in [3.63, 3.8) is 0 Å². The molecule has 0 radical (unpaired) electrons. The molecule has 2 aromatic heterocycles. The Morgan fingerprint density at radius 1 is 1.19 bits per heavy atom. The number of carbonyl (C=O) groups is 1. The maximum Gasteiger partial charge on any atom is 0.271 e. The van der Waals surface area contributed by atoms with E-state index >= 15 is 0 Å². The molecule has 1 amide bonds. The Bertz CT molecular complexity index is 980. The highest BCUT2D eigenvalue weighted by molar-refractivity contribution is 8.00. The van der Waals surface area contributed by atoms with Crippen molar-refractivity contribution < 1.29 is 13.2 Å². The Hall–Kier alpha value is -1.88. The average molecular weight is 426 g/mol. The van der Waals surface area contributed by atoms with Gasteiger partial charge >= 0.3 is 0 Å². The van der Waals surface area contributed by atoms with Crippen LogP contribution in [0.15, 0.2) is 56.3 Å². The van der Waals surface area contributed by atoms with E-state index in [0.717, 1.165) is 21.9 Å². The first-order valence-corrected chi connectivity index (χ1v) is 11.7. The number of carbonyl (C=O) groups excluding carboxylic acids is 1. The van der Waals surface area contributed by atoms with Crippen molar-refractivity contribution in [2.45, 2.75) is 16.0 Å². The van der Waals surface area contributed by atoms with Gasteiger partial charge in [-0.05, 0) is 42.6 Å². The second-order valence-electron chi connectivity index (χ2n) is 5.19. The molecular formula is C16H15N3O3S4. The summed E-state index contributed by atoms with van der Waals surface area (Å²) in [6.07, 6.45) is 0. The number of hydrogen-bond acceptors (Lipinski definition) is 7. The summed E-state index contributed by atoms with van der Waals surface area (Å²) in [5.41, 5.74) is 1.35. The third kappa shape index (κ3) is 5.07. The fourth-order valence-corrected chi connectivity index (χ4v) is 5.41. The first-order valence-electron chi connectivity index (χ1n) is 7.43. The number of anilines is 2. The Kier molecular flexibility index (Phi) is 5.97. The number of thiazole rings is 1. The SMILES string of the molecule is Cc1csc(NC(=O)CSc2ccc(NS(=O)(=O)c3cccs3)cc2)n1. The fourth-order valence-electron chi connectivity index (χ4n) is 1.96. The molecule has 0 fully saturated rings. The van der Waals surface area contributed by atoms with Crippen LogP contribution < -0.4 is 10.0 Å². The van der Waals surface area contributed by atoms with E-state index in [4.69, 9.17) is 0 Å². The summed E-state index contributed by atoms with van der Waals surface area (Å²) >= 11 is 3.92. The zero-order chi connectivity index (χ0) is 18.6. The molecule has 0 aliphatic carbocycles. The van der Waals surface area contributed by atoms with E-state index in [1.54, 1.807) is 41.8 Å². The van der Waals surface area contributed by atoms with Crippen LogP contribution in [0.4, 0.5) is 10.8 Å². The Morgan fingerprint density at radius 2 is 1.96 bits per heavy atom. The molecule has 2 N–H and O–H groups in total. The zero-order valence-corrected chi connectivity index (χ0v) is 16.9. The van der Waals surface area contributed by atoms with Crippen molar-refractivity contribution >= 4 is 61.2 Å². The summed E-state index contributed by atoms with van der Waals surface area (Å²) in [7, 11) is -3.55. The van der Waals surface area contributed by atoms with Gasteiger partial charge in [0.1, 0.15) is 4.21 Å². The molecule has 0 aliphatic rings. The number of amides is 1. The molecule has 0 atom stereocenters. The lowest BCUT2D eigenvalue weighted by molar-refractivity contribution is -0.113. The van der Waals surface area contributed by atoms with E-state index in [-0.39, 0.29) is 15.9 Å². The number of nitrogens with zero attached hydrogens (tertiary/aromatic N) is 1. The molecule has 0 saturated heterocycles. The van der Waals surface area contributed by atoms with Crippen molar-refractivity contribution in [1.29, 1.82) is 0 Å². The molecule has 2 heterocycles. The third-order valence-electron chi connectivity index (χ3n) is 3.10. The molecule has 1 aromatic carbocycles. The maximum absolute atomic E-state index is 12.2. The van der Waals surface area contributed by atoms with Gasteiger partial charge in [0.2, 0.25) is 5.91 Å². The number of benzene rings is 1. The molecule has 0 spiro atoms. The first-order chi connectivity index (χ1) is 12.4. The van der Waals surface area contributed by atoms with Crippen LogP contribution in [0.25, 0.3) is 0 Å². The number of aromatic nitrogens is 1. The molecule has 136 valence electrons. The largest absolute Gasteiger partial charge is 0.301 e. The summed E-state index contributed by atoms with van der Waals surface area (Å²) in [6, 6.07) is 10.2. The quantitative estimate of drug-likeness (QED) is 0.558. The molecule has 0 bridgehead atoms. The average Bonchev–Trinajstić information content (AvgIpc) is 3.26. The highest BCUT2D eigenvalue weighted by Gasteiger charge is 2.15. The standard InChI is InChI=1S/C16H15N3O3S4/c1-11-9-25-16(17-11)18-14(20)10-24-13-6-4-12(5-7-13)19-26(21,22)15-3-2-8-23-15/h2-9,19H,10H2,1H3,(H,17,18,20). The van der Waals surface area contributed by atoms with Crippen LogP contribution in [0.2, 0.25) is 0 Å². The van der Waals surface area contributed by atoms with Crippen LogP contribution in [0, 0.1) is 6.92 Å². The van der Waals surface area contributed by atoms with Gasteiger partial charge in [0.25, 0.3) is 10.0 Å². The summed E-state index contributed by atoms with van der Waals surface area (Å²) in [6.45, 7) is 1.87. The molecule has 0 saturated carbocycles. The smallest absolute Gasteiger partial charge is 0.271 e. The highest BCUT2D eigenvalue weighted by atomic mass is 32.2. The summed E-state index contributed by atoms with van der Waals surface area (Å²) in [5, 5.41) is 6.93. The minimum atomic E-state index is -3.55. The third-order valence-corrected chi connectivity index (χ3v) is 7.77. The molecule has 10 heteroatoms. The van der Waals surface area contributed by atoms with Gasteiger partial charge in [0, 0.05) is 16.0 Å². The van der Waals surface area contributed by atoms with Gasteiger partial charge in [-0.2, -0.15) is 0 Å². The second kappa shape index (κ2) is 8.21. The number of thioether (sulfide) groups is 1. The lowest BCUT2D eigenvalue weighted by Crippen LogP contribution is -2.13. The van der Waals surface area contributed by atoms with E-state index in [0.29, 0.717) is 10.8 Å². The number of sulfonamides is 1. The van der Waals surface area contributed by atoms with E-state index in [9.17, 15) is 13.2 Å². The van der Waals surface area contributed by atoms with Gasteiger partial charge in [-0.1, -0.05) is 6.07 Å². The number of thiophene rings is 1. The van der Waals surface area contributed by atoms with Crippen molar-refractivity contribution in [2.24, 2.45) is 0 Å². The Labute approximate surface area is 163 Å². The Morgan fingerprint density at radius 3 is 2.58 bits per heavy atom. The predicted molar refractivity (Wildman–Crippen MR) is 108 cm³/mol. The normalized spacial score (nSPS) is 11.3. The fraction of sp³-hybridized carbons (Fsp3) is 0.125. The van der Waals surface area contributed by atoms with Crippen LogP contribution >= 0.6 is 34.4 Å². The first kappa shape index (κ1) is 18.9. The lowest BCUT2D eigenvalue weighted by Gasteiger charge is -2.07. The van der Waals surface area contributed by atoms with E-state index < -0.39 is 10.0 Å². The van der Waals surface area contributed by atoms with Crippen LogP contribution in [-0.4, -0.2) is 25.1 Å². The van der Waals surface area contributed by atoms with Gasteiger partial charge in [-0.15, -0.1) is 34.4 Å². The molecule has 6 nitrogen and oxygen atoms in total. The van der Waals surface area contributed by atoms with Gasteiger partial charge in [-0.3, -0.25) is 9.52 Å². The number of hydrogen-bond donors (Lipinski definition) is 2. The number of nitrogens with one attached hydrogen (secondary N) is 2. The minimum absolute atomic E-state index is 0.133. The van der Waals surface area contributed by atoms with Crippen molar-refractivity contribution in [3.8, 4) is 0 Å². The van der Waals surface area contributed by atoms with Crippen LogP contribution in [0.5, 0.6) is 0 Å². The van der Waals surface area contributed by atoms with E-state index in [1.165, 1.54) is 23.1 Å². The summed E-state index contributed by atoms with van der Waals surface area (Å²) in [4.78, 5) is 17.0. The van der Waals surface area contributed by atoms with Crippen LogP contribution in [0.1, 0.15) is 5.69 Å². The van der Waals surface area contributed by atoms with Crippen molar-refractivity contribution in [1.82, 2.24) is 4.98 Å². The molecule has 3 rings (SSSR count). The number of rotatable bonds is 7. The second-order valence-corrected chi connectivity index (χ2v) is 9.96. The maximum atomic E-state index is 12.2. The Balaban J connectivity index is 1.54. The van der Waals surface area contributed by atoms with Gasteiger partial charge in [0.05, 0.1) is 11.4 Å². The summed E-state index contributed by atoms with van der Waals surface area (Å²) < 4.78 is 27.2. The van der Waals surface area contributed by atoms with Gasteiger partial charge < -0.3 is 5.32 Å². The van der Waals surface area contributed by atoms with Crippen molar-refractivity contribution in [2.75, 3.05) is 15.8 Å². The highest BCUT2D eigenvalue weighted by Crippen LogP contribution is 2.24. The molecule has 0 unspecified atom stereocenters. The summed E-state index contributed by atoms with van der Waals surface area (Å²) in [5.74, 6) is 0.116. The molecule has 3 aromatic rings. The van der Waals surface area contributed by atoms with Crippen molar-refractivity contribution in [3.05, 3.63) is 52.9 Å². The van der Waals surface area contributed by atoms with Gasteiger partial charge in [-0.25, -0.2) is 13.4 Å². The molecule has 0 aliphatic heterocycles. The molecule has 26 heavy (non-hydrogen) atoms. The predicted octanol–water partition coefficient (Wildman–Crippen LogP) is 4.04. The van der Waals surface area contributed by atoms with E-state index in [2.05, 4.69) is 15.0 Å². The topological polar surface area (TPSA) is 88.2 Å². The van der Waals surface area contributed by atoms with Crippen LogP contribution in [-0.2, 0) is 14.8 Å². The monoisotopic (exact) mass is 425 g/mol. The van der Waals surface area contributed by atoms with Crippen LogP contribution in [0.3, 0.4) is 0 Å². The van der Waals surface area contributed by atoms with Gasteiger partial charge in [0.15, 0.2) is 5.13 Å². The lowest BCUT2D eigenvalue weighted by atomic mass is 10.3. The minimum Gasteiger partial charge on any atom is -0.301 e.